The van der Waals surface area contributed by atoms with Gasteiger partial charge in [-0.25, -0.2) is 4.39 Å². The number of halogens is 1. The Morgan fingerprint density at radius 3 is 2.46 bits per heavy atom. The van der Waals surface area contributed by atoms with E-state index in [2.05, 4.69) is 52.7 Å². The van der Waals surface area contributed by atoms with E-state index in [9.17, 15) is 9.18 Å². The molecule has 4 aromatic rings. The molecule has 0 bridgehead atoms. The van der Waals surface area contributed by atoms with E-state index in [1.807, 2.05) is 30.3 Å². The molecule has 1 amide bonds. The lowest BCUT2D eigenvalue weighted by Gasteiger charge is -2.37. The van der Waals surface area contributed by atoms with E-state index in [1.165, 1.54) is 28.9 Å². The maximum Gasteiger partial charge on any atom is 0.220 e. The molecule has 0 saturated carbocycles. The largest absolute Gasteiger partial charge is 0.496 e. The molecule has 1 aliphatic rings. The first kappa shape index (κ1) is 24.6. The molecule has 0 fully saturated rings. The van der Waals surface area contributed by atoms with Crippen molar-refractivity contribution in [3.8, 4) is 16.9 Å². The maximum absolute atomic E-state index is 13.5. The van der Waals surface area contributed by atoms with Gasteiger partial charge in [0.1, 0.15) is 11.6 Å². The van der Waals surface area contributed by atoms with Gasteiger partial charge in [0.15, 0.2) is 0 Å². The Balaban J connectivity index is 1.35. The average molecular weight is 495 g/mol. The summed E-state index contributed by atoms with van der Waals surface area (Å²) >= 11 is 0. The molecule has 37 heavy (non-hydrogen) atoms. The summed E-state index contributed by atoms with van der Waals surface area (Å²) in [4.78, 5) is 15.3. The monoisotopic (exact) mass is 494 g/mol. The molecular weight excluding hydrogens is 463 g/mol. The molecule has 1 N–H and O–H groups in total. The van der Waals surface area contributed by atoms with E-state index in [1.54, 1.807) is 19.2 Å². The van der Waals surface area contributed by atoms with Crippen molar-refractivity contribution in [2.45, 2.75) is 31.8 Å². The Morgan fingerprint density at radius 1 is 0.946 bits per heavy atom. The van der Waals surface area contributed by atoms with Gasteiger partial charge in [-0.05, 0) is 71.0 Å². The molecule has 0 aliphatic carbocycles. The molecule has 0 saturated heterocycles. The fraction of sp³-hybridized carbons (Fsp3) is 0.219. The fourth-order valence-corrected chi connectivity index (χ4v) is 5.08. The van der Waals surface area contributed by atoms with Crippen LogP contribution in [-0.4, -0.2) is 25.6 Å². The number of para-hydroxylation sites is 1. The Hall–Kier alpha value is -4.12. The van der Waals surface area contributed by atoms with Gasteiger partial charge in [0, 0.05) is 25.2 Å². The molecule has 1 atom stereocenters. The minimum atomic E-state index is -0.244. The summed E-state index contributed by atoms with van der Waals surface area (Å²) in [6.45, 7) is 1.50. The van der Waals surface area contributed by atoms with Crippen molar-refractivity contribution in [2.24, 2.45) is 0 Å². The molecule has 0 spiro atoms. The number of hydrogen-bond acceptors (Lipinski definition) is 3. The molecule has 5 rings (SSSR count). The second-order valence-electron chi connectivity index (χ2n) is 9.50. The van der Waals surface area contributed by atoms with Crippen LogP contribution < -0.4 is 15.0 Å². The molecule has 188 valence electrons. The second kappa shape index (κ2) is 11.3. The summed E-state index contributed by atoms with van der Waals surface area (Å²) in [6.07, 6.45) is 1.77. The summed E-state index contributed by atoms with van der Waals surface area (Å²) < 4.78 is 18.9. The summed E-state index contributed by atoms with van der Waals surface area (Å²) in [6, 6.07) is 31.2. The van der Waals surface area contributed by atoms with Crippen molar-refractivity contribution in [2.75, 3.05) is 18.6 Å². The quantitative estimate of drug-likeness (QED) is 0.318. The standard InChI is InChI=1S/C32H31FN2O2/c1-37-31-10-6-5-9-25(31)14-18-32(36)34-29-20-27-19-26(24-11-15-28(33)16-12-24)13-17-30(27)35(22-29)21-23-7-3-2-4-8-23/h2-13,15-17,19,29H,14,18,20-22H2,1H3,(H,34,36). The molecule has 4 aromatic carbocycles. The Morgan fingerprint density at radius 2 is 1.68 bits per heavy atom. The van der Waals surface area contributed by atoms with E-state index in [0.29, 0.717) is 12.8 Å². The predicted octanol–water partition coefficient (Wildman–Crippen LogP) is 6.18. The lowest BCUT2D eigenvalue weighted by Crippen LogP contribution is -2.48. The van der Waals surface area contributed by atoms with Gasteiger partial charge < -0.3 is 15.0 Å². The zero-order valence-electron chi connectivity index (χ0n) is 21.0. The van der Waals surface area contributed by atoms with Crippen molar-refractivity contribution >= 4 is 11.6 Å². The molecule has 1 aliphatic heterocycles. The lowest BCUT2D eigenvalue weighted by molar-refractivity contribution is -0.121. The smallest absolute Gasteiger partial charge is 0.220 e. The molecule has 0 aromatic heterocycles. The van der Waals surface area contributed by atoms with Crippen LogP contribution in [0.1, 0.15) is 23.1 Å². The summed E-state index contributed by atoms with van der Waals surface area (Å²) in [5.41, 5.74) is 6.62. The maximum atomic E-state index is 13.5. The Bertz CT molecular complexity index is 1360. The minimum Gasteiger partial charge on any atom is -0.496 e. The Labute approximate surface area is 217 Å². The molecule has 4 nitrogen and oxygen atoms in total. The number of aryl methyl sites for hydroxylation is 1. The van der Waals surface area contributed by atoms with E-state index in [4.69, 9.17) is 4.74 Å². The van der Waals surface area contributed by atoms with Crippen molar-refractivity contribution in [3.63, 3.8) is 0 Å². The third-order valence-corrected chi connectivity index (χ3v) is 6.90. The van der Waals surface area contributed by atoms with Gasteiger partial charge in [-0.15, -0.1) is 0 Å². The van der Waals surface area contributed by atoms with Crippen LogP contribution in [0.25, 0.3) is 11.1 Å². The number of anilines is 1. The summed E-state index contributed by atoms with van der Waals surface area (Å²) in [5.74, 6) is 0.601. The van der Waals surface area contributed by atoms with E-state index < -0.39 is 0 Å². The number of amides is 1. The molecule has 1 unspecified atom stereocenters. The first-order chi connectivity index (χ1) is 18.1. The third-order valence-electron chi connectivity index (χ3n) is 6.90. The summed E-state index contributed by atoms with van der Waals surface area (Å²) in [5, 5.41) is 3.28. The topological polar surface area (TPSA) is 41.6 Å². The van der Waals surface area contributed by atoms with Crippen molar-refractivity contribution in [1.29, 1.82) is 0 Å². The van der Waals surface area contributed by atoms with Crippen LogP contribution in [0.3, 0.4) is 0 Å². The van der Waals surface area contributed by atoms with Gasteiger partial charge >= 0.3 is 0 Å². The van der Waals surface area contributed by atoms with Crippen molar-refractivity contribution < 1.29 is 13.9 Å². The van der Waals surface area contributed by atoms with Crippen LogP contribution in [0.15, 0.2) is 97.1 Å². The van der Waals surface area contributed by atoms with E-state index in [0.717, 1.165) is 42.0 Å². The number of rotatable bonds is 8. The highest BCUT2D eigenvalue weighted by atomic mass is 19.1. The number of nitrogens with zero attached hydrogens (tertiary/aromatic N) is 1. The molecular formula is C32H31FN2O2. The van der Waals surface area contributed by atoms with Crippen LogP contribution in [-0.2, 0) is 24.2 Å². The minimum absolute atomic E-state index is 0.00940. The van der Waals surface area contributed by atoms with Gasteiger partial charge in [-0.2, -0.15) is 0 Å². The number of carbonyl (C=O) groups excluding carboxylic acids is 1. The van der Waals surface area contributed by atoms with Gasteiger partial charge in [0.05, 0.1) is 13.2 Å². The van der Waals surface area contributed by atoms with Crippen LogP contribution in [0.4, 0.5) is 10.1 Å². The van der Waals surface area contributed by atoms with Crippen molar-refractivity contribution in [1.82, 2.24) is 5.32 Å². The third kappa shape index (κ3) is 6.00. The highest BCUT2D eigenvalue weighted by molar-refractivity contribution is 5.77. The van der Waals surface area contributed by atoms with Crippen LogP contribution in [0.2, 0.25) is 0 Å². The number of nitrogens with one attached hydrogen (secondary N) is 1. The number of ether oxygens (including phenoxy) is 1. The highest BCUT2D eigenvalue weighted by Gasteiger charge is 2.26. The highest BCUT2D eigenvalue weighted by Crippen LogP contribution is 2.33. The average Bonchev–Trinajstić information content (AvgIpc) is 2.92. The summed E-state index contributed by atoms with van der Waals surface area (Å²) in [7, 11) is 1.65. The zero-order valence-corrected chi connectivity index (χ0v) is 21.0. The number of hydrogen-bond donors (Lipinski definition) is 1. The van der Waals surface area contributed by atoms with Crippen LogP contribution >= 0.6 is 0 Å². The van der Waals surface area contributed by atoms with Gasteiger partial charge in [-0.1, -0.05) is 66.7 Å². The zero-order chi connectivity index (χ0) is 25.6. The van der Waals surface area contributed by atoms with Gasteiger partial charge in [0.25, 0.3) is 0 Å². The number of carbonyl (C=O) groups is 1. The number of fused-ring (bicyclic) bond motifs is 1. The Kier molecular flexibility index (Phi) is 7.50. The predicted molar refractivity (Wildman–Crippen MR) is 146 cm³/mol. The first-order valence-corrected chi connectivity index (χ1v) is 12.7. The van der Waals surface area contributed by atoms with Crippen LogP contribution in [0.5, 0.6) is 5.75 Å². The number of methoxy groups -OCH3 is 1. The molecule has 0 radical (unpaired) electrons. The van der Waals surface area contributed by atoms with E-state index in [-0.39, 0.29) is 17.8 Å². The van der Waals surface area contributed by atoms with Gasteiger partial charge in [0.2, 0.25) is 5.91 Å². The van der Waals surface area contributed by atoms with Crippen molar-refractivity contribution in [3.05, 3.63) is 120 Å². The van der Waals surface area contributed by atoms with Gasteiger partial charge in [-0.3, -0.25) is 4.79 Å². The second-order valence-corrected chi connectivity index (χ2v) is 9.50. The molecule has 1 heterocycles. The SMILES string of the molecule is COc1ccccc1CCC(=O)NC1Cc2cc(-c3ccc(F)cc3)ccc2N(Cc2ccccc2)C1. The normalized spacial score (nSPS) is 14.6. The first-order valence-electron chi connectivity index (χ1n) is 12.7. The lowest BCUT2D eigenvalue weighted by atomic mass is 9.93. The van der Waals surface area contributed by atoms with E-state index >= 15 is 0 Å². The number of benzene rings is 4. The molecule has 5 heteroatoms. The van der Waals surface area contributed by atoms with Crippen LogP contribution in [0, 0.1) is 5.82 Å². The fourth-order valence-electron chi connectivity index (χ4n) is 5.08.